The van der Waals surface area contributed by atoms with Gasteiger partial charge in [0.1, 0.15) is 18.6 Å². The molecule has 1 aliphatic carbocycles. The molecule has 0 aromatic heterocycles. The number of hydrogen-bond acceptors (Lipinski definition) is 5. The molecular formula is C18H28O5. The van der Waals surface area contributed by atoms with Crippen LogP contribution in [0.3, 0.4) is 0 Å². The Morgan fingerprint density at radius 1 is 1.26 bits per heavy atom. The molecule has 1 heterocycles. The molecular weight excluding hydrogens is 296 g/mol. The minimum Gasteiger partial charge on any atom is -0.495 e. The Balaban J connectivity index is 1.87. The van der Waals surface area contributed by atoms with Crippen molar-refractivity contribution in [1.82, 2.24) is 0 Å². The molecule has 0 aromatic carbocycles. The molecule has 130 valence electrons. The molecule has 0 amide bonds. The van der Waals surface area contributed by atoms with E-state index in [2.05, 4.69) is 6.58 Å². The highest BCUT2D eigenvalue weighted by Crippen LogP contribution is 2.42. The lowest BCUT2D eigenvalue weighted by atomic mass is 9.86. The molecule has 5 atom stereocenters. The first-order valence-electron chi connectivity index (χ1n) is 8.35. The van der Waals surface area contributed by atoms with Crippen LogP contribution in [0.15, 0.2) is 24.7 Å². The van der Waals surface area contributed by atoms with Gasteiger partial charge in [0, 0.05) is 12.3 Å². The van der Waals surface area contributed by atoms with Gasteiger partial charge in [0.2, 0.25) is 0 Å². The number of ether oxygens (including phenoxy) is 4. The molecule has 23 heavy (non-hydrogen) atoms. The van der Waals surface area contributed by atoms with Gasteiger partial charge in [0.05, 0.1) is 19.6 Å². The van der Waals surface area contributed by atoms with Crippen molar-refractivity contribution in [2.45, 2.75) is 51.9 Å². The molecule has 0 N–H and O–H groups in total. The standard InChI is InChI=1S/C18H28O5/c1-12(2)14-11-15(13(3)17(14)18(19)20-4)21-9-10-23-16-7-5-6-8-22-16/h9-10,13-17H,1,5-8,11H2,2-4H3/b10-9+/t13-,14+,15-,16?,17+/m0/s1. The molecule has 0 spiro atoms. The second kappa shape index (κ2) is 8.39. The number of esters is 1. The molecule has 0 aromatic rings. The Bertz CT molecular complexity index is 439. The normalized spacial score (nSPS) is 34.3. The predicted molar refractivity (Wildman–Crippen MR) is 86.3 cm³/mol. The van der Waals surface area contributed by atoms with E-state index in [0.717, 1.165) is 37.9 Å². The lowest BCUT2D eigenvalue weighted by Gasteiger charge is -2.22. The SMILES string of the molecule is C=C(C)[C@H]1C[C@H](O/C=C/OC2CCCCO2)[C@H](C)[C@H]1C(=O)OC. The Kier molecular flexibility index (Phi) is 6.51. The average molecular weight is 324 g/mol. The van der Waals surface area contributed by atoms with E-state index < -0.39 is 0 Å². The molecule has 0 bridgehead atoms. The summed E-state index contributed by atoms with van der Waals surface area (Å²) in [6, 6.07) is 0. The molecule has 2 aliphatic rings. The third-order valence-corrected chi connectivity index (χ3v) is 4.86. The van der Waals surface area contributed by atoms with Gasteiger partial charge in [-0.15, -0.1) is 0 Å². The van der Waals surface area contributed by atoms with Gasteiger partial charge < -0.3 is 18.9 Å². The fourth-order valence-corrected chi connectivity index (χ4v) is 3.48. The Morgan fingerprint density at radius 3 is 2.61 bits per heavy atom. The van der Waals surface area contributed by atoms with Crippen molar-refractivity contribution < 1.29 is 23.7 Å². The van der Waals surface area contributed by atoms with Gasteiger partial charge in [-0.1, -0.05) is 19.1 Å². The Hall–Kier alpha value is -1.49. The van der Waals surface area contributed by atoms with Crippen LogP contribution in [-0.2, 0) is 23.7 Å². The number of allylic oxidation sites excluding steroid dienone is 1. The summed E-state index contributed by atoms with van der Waals surface area (Å²) >= 11 is 0. The zero-order chi connectivity index (χ0) is 16.8. The highest BCUT2D eigenvalue weighted by molar-refractivity contribution is 5.74. The van der Waals surface area contributed by atoms with Crippen LogP contribution < -0.4 is 0 Å². The van der Waals surface area contributed by atoms with E-state index >= 15 is 0 Å². The molecule has 2 fully saturated rings. The average Bonchev–Trinajstić information content (AvgIpc) is 2.89. The minimum atomic E-state index is -0.196. The van der Waals surface area contributed by atoms with Crippen molar-refractivity contribution in [3.8, 4) is 0 Å². The van der Waals surface area contributed by atoms with Crippen LogP contribution in [-0.4, -0.2) is 32.1 Å². The number of methoxy groups -OCH3 is 1. The van der Waals surface area contributed by atoms with Crippen molar-refractivity contribution in [2.24, 2.45) is 17.8 Å². The van der Waals surface area contributed by atoms with Crippen LogP contribution in [0, 0.1) is 17.8 Å². The lowest BCUT2D eigenvalue weighted by Crippen LogP contribution is -2.27. The van der Waals surface area contributed by atoms with Crippen molar-refractivity contribution in [1.29, 1.82) is 0 Å². The smallest absolute Gasteiger partial charge is 0.309 e. The van der Waals surface area contributed by atoms with Gasteiger partial charge in [-0.25, -0.2) is 0 Å². The summed E-state index contributed by atoms with van der Waals surface area (Å²) < 4.78 is 21.7. The number of carbonyl (C=O) groups excluding carboxylic acids is 1. The van der Waals surface area contributed by atoms with Crippen molar-refractivity contribution >= 4 is 5.97 Å². The van der Waals surface area contributed by atoms with Crippen LogP contribution in [0.2, 0.25) is 0 Å². The third kappa shape index (κ3) is 4.50. The topological polar surface area (TPSA) is 54.0 Å². The Labute approximate surface area is 138 Å². The zero-order valence-corrected chi connectivity index (χ0v) is 14.3. The van der Waals surface area contributed by atoms with Crippen LogP contribution in [0.5, 0.6) is 0 Å². The van der Waals surface area contributed by atoms with E-state index in [-0.39, 0.29) is 36.1 Å². The molecule has 1 saturated heterocycles. The molecule has 1 aliphatic heterocycles. The van der Waals surface area contributed by atoms with E-state index in [0.29, 0.717) is 0 Å². The largest absolute Gasteiger partial charge is 0.495 e. The third-order valence-electron chi connectivity index (χ3n) is 4.86. The van der Waals surface area contributed by atoms with E-state index in [9.17, 15) is 4.79 Å². The van der Waals surface area contributed by atoms with E-state index in [1.54, 1.807) is 12.5 Å². The van der Waals surface area contributed by atoms with Gasteiger partial charge in [-0.3, -0.25) is 4.79 Å². The highest BCUT2D eigenvalue weighted by atomic mass is 16.7. The summed E-state index contributed by atoms with van der Waals surface area (Å²) in [6.45, 7) is 8.73. The minimum absolute atomic E-state index is 0.0482. The van der Waals surface area contributed by atoms with Gasteiger partial charge in [-0.2, -0.15) is 0 Å². The maximum absolute atomic E-state index is 12.0. The Morgan fingerprint density at radius 2 is 2.00 bits per heavy atom. The molecule has 0 radical (unpaired) electrons. The summed E-state index contributed by atoms with van der Waals surface area (Å²) in [5.41, 5.74) is 0.995. The van der Waals surface area contributed by atoms with Gasteiger partial charge in [-0.05, 0) is 32.1 Å². The van der Waals surface area contributed by atoms with E-state index in [1.165, 1.54) is 7.11 Å². The second-order valence-corrected chi connectivity index (χ2v) is 6.48. The van der Waals surface area contributed by atoms with Gasteiger partial charge in [0.15, 0.2) is 6.29 Å². The van der Waals surface area contributed by atoms with Crippen LogP contribution in [0.4, 0.5) is 0 Å². The summed E-state index contributed by atoms with van der Waals surface area (Å²) in [4.78, 5) is 12.0. The molecule has 1 saturated carbocycles. The molecule has 1 unspecified atom stereocenters. The van der Waals surface area contributed by atoms with Crippen molar-refractivity contribution in [3.05, 3.63) is 24.7 Å². The quantitative estimate of drug-likeness (QED) is 0.426. The van der Waals surface area contributed by atoms with Crippen LogP contribution in [0.1, 0.15) is 39.5 Å². The summed E-state index contributed by atoms with van der Waals surface area (Å²) in [7, 11) is 1.43. The first-order valence-corrected chi connectivity index (χ1v) is 8.35. The van der Waals surface area contributed by atoms with Crippen LogP contribution in [0.25, 0.3) is 0 Å². The highest BCUT2D eigenvalue weighted by Gasteiger charge is 2.46. The van der Waals surface area contributed by atoms with Crippen molar-refractivity contribution in [3.63, 3.8) is 0 Å². The number of carbonyl (C=O) groups is 1. The molecule has 5 heteroatoms. The molecule has 5 nitrogen and oxygen atoms in total. The maximum atomic E-state index is 12.0. The summed E-state index contributed by atoms with van der Waals surface area (Å²) in [6.07, 6.45) is 6.78. The molecule has 2 rings (SSSR count). The van der Waals surface area contributed by atoms with Crippen LogP contribution >= 0.6 is 0 Å². The fourth-order valence-electron chi connectivity index (χ4n) is 3.48. The second-order valence-electron chi connectivity index (χ2n) is 6.48. The van der Waals surface area contributed by atoms with E-state index in [4.69, 9.17) is 18.9 Å². The summed E-state index contributed by atoms with van der Waals surface area (Å²) in [5, 5.41) is 0. The first-order chi connectivity index (χ1) is 11.0. The predicted octanol–water partition coefficient (Wildman–Crippen LogP) is 3.41. The summed E-state index contributed by atoms with van der Waals surface area (Å²) in [5.74, 6) is -0.218. The first kappa shape index (κ1) is 17.9. The maximum Gasteiger partial charge on any atom is 0.309 e. The van der Waals surface area contributed by atoms with Crippen molar-refractivity contribution in [2.75, 3.05) is 13.7 Å². The monoisotopic (exact) mass is 324 g/mol. The van der Waals surface area contributed by atoms with E-state index in [1.807, 2.05) is 13.8 Å². The lowest BCUT2D eigenvalue weighted by molar-refractivity contribution is -0.148. The fraction of sp³-hybridized carbons (Fsp3) is 0.722. The van der Waals surface area contributed by atoms with Gasteiger partial charge in [0.25, 0.3) is 0 Å². The number of rotatable bonds is 6. The zero-order valence-electron chi connectivity index (χ0n) is 14.3. The number of hydrogen-bond donors (Lipinski definition) is 0. The van der Waals surface area contributed by atoms with Gasteiger partial charge >= 0.3 is 5.97 Å².